The van der Waals surface area contributed by atoms with Crippen LogP contribution in [0.4, 0.5) is 5.69 Å². The fraction of sp³-hybridized carbons (Fsp3) is 0.429. The summed E-state index contributed by atoms with van der Waals surface area (Å²) >= 11 is 6.34. The number of anilines is 1. The smallest absolute Gasteiger partial charge is 0.152 e. The van der Waals surface area contributed by atoms with Gasteiger partial charge in [-0.2, -0.15) is 0 Å². The largest absolute Gasteiger partial charge is 0.495 e. The molecule has 0 saturated carbocycles. The van der Waals surface area contributed by atoms with Gasteiger partial charge in [0.05, 0.1) is 17.8 Å². The van der Waals surface area contributed by atoms with E-state index >= 15 is 0 Å². The summed E-state index contributed by atoms with van der Waals surface area (Å²) in [5, 5.41) is 0.677. The molecule has 1 heterocycles. The maximum absolute atomic E-state index is 6.34. The van der Waals surface area contributed by atoms with Gasteiger partial charge in [0.2, 0.25) is 0 Å². The van der Waals surface area contributed by atoms with Crippen molar-refractivity contribution in [2.75, 3.05) is 38.2 Å². The third kappa shape index (κ3) is 5.01. The Morgan fingerprint density at radius 3 is 2.37 bits per heavy atom. The Balaban J connectivity index is 0.00000261. The number of nitrogens with zero attached hydrogens (tertiary/aromatic N) is 2. The number of hydrogen-bond donors (Lipinski definition) is 0. The van der Waals surface area contributed by atoms with Crippen LogP contribution in [0.15, 0.2) is 42.5 Å². The van der Waals surface area contributed by atoms with Crippen LogP contribution in [-0.4, -0.2) is 44.4 Å². The van der Waals surface area contributed by atoms with Gasteiger partial charge in [-0.05, 0) is 37.1 Å². The van der Waals surface area contributed by atoms with Gasteiger partial charge >= 0.3 is 0 Å². The van der Waals surface area contributed by atoms with E-state index in [4.69, 9.17) is 21.1 Å². The maximum atomic E-state index is 6.34. The van der Waals surface area contributed by atoms with Gasteiger partial charge in [0.1, 0.15) is 11.5 Å². The van der Waals surface area contributed by atoms with Crippen molar-refractivity contribution in [2.24, 2.45) is 0 Å². The van der Waals surface area contributed by atoms with Crippen molar-refractivity contribution in [1.82, 2.24) is 4.90 Å². The lowest BCUT2D eigenvalue weighted by Gasteiger charge is -2.40. The molecule has 2 aromatic carbocycles. The molecular weight excluding hydrogens is 383 g/mol. The summed E-state index contributed by atoms with van der Waals surface area (Å²) in [6, 6.07) is 14.1. The van der Waals surface area contributed by atoms with E-state index < -0.39 is 0 Å². The highest BCUT2D eigenvalue weighted by molar-refractivity contribution is 6.32. The molecule has 1 saturated heterocycles. The third-order valence-corrected chi connectivity index (χ3v) is 5.21. The van der Waals surface area contributed by atoms with Crippen LogP contribution in [0, 0.1) is 6.92 Å². The highest BCUT2D eigenvalue weighted by atomic mass is 35.5. The zero-order chi connectivity index (χ0) is 18.5. The second kappa shape index (κ2) is 10.1. The SMILES string of the molecule is CCC(Oc1c(C)cccc1Cl)N1CCN(c2ccccc2OC)CC1.Cl. The number of halogens is 2. The molecule has 1 aliphatic heterocycles. The van der Waals surface area contributed by atoms with Crippen molar-refractivity contribution >= 4 is 29.7 Å². The first-order valence-corrected chi connectivity index (χ1v) is 9.55. The molecule has 0 radical (unpaired) electrons. The summed E-state index contributed by atoms with van der Waals surface area (Å²) in [7, 11) is 1.72. The van der Waals surface area contributed by atoms with Crippen molar-refractivity contribution < 1.29 is 9.47 Å². The summed E-state index contributed by atoms with van der Waals surface area (Å²) < 4.78 is 11.8. The minimum absolute atomic E-state index is 0. The Morgan fingerprint density at radius 2 is 1.74 bits per heavy atom. The van der Waals surface area contributed by atoms with Crippen LogP contribution in [-0.2, 0) is 0 Å². The van der Waals surface area contributed by atoms with E-state index in [1.807, 2.05) is 37.3 Å². The fourth-order valence-electron chi connectivity index (χ4n) is 3.46. The van der Waals surface area contributed by atoms with E-state index in [-0.39, 0.29) is 18.6 Å². The molecule has 1 fully saturated rings. The summed E-state index contributed by atoms with van der Waals surface area (Å²) in [5.74, 6) is 1.73. The zero-order valence-corrected chi connectivity index (χ0v) is 17.7. The number of benzene rings is 2. The second-order valence-electron chi connectivity index (χ2n) is 6.56. The molecule has 0 bridgehead atoms. The topological polar surface area (TPSA) is 24.9 Å². The predicted octanol–water partition coefficient (Wildman–Crippen LogP) is 5.02. The molecule has 1 unspecified atom stereocenters. The predicted molar refractivity (Wildman–Crippen MR) is 115 cm³/mol. The Hall–Kier alpha value is -1.62. The van der Waals surface area contributed by atoms with Crippen molar-refractivity contribution in [3.05, 3.63) is 53.1 Å². The Kier molecular flexibility index (Phi) is 8.08. The number of methoxy groups -OCH3 is 1. The van der Waals surface area contributed by atoms with E-state index in [9.17, 15) is 0 Å². The third-order valence-electron chi connectivity index (χ3n) is 4.91. The average Bonchev–Trinajstić information content (AvgIpc) is 2.68. The summed E-state index contributed by atoms with van der Waals surface area (Å²) in [5.41, 5.74) is 2.23. The molecule has 148 valence electrons. The molecule has 27 heavy (non-hydrogen) atoms. The van der Waals surface area contributed by atoms with Gasteiger partial charge in [-0.25, -0.2) is 0 Å². The van der Waals surface area contributed by atoms with Gasteiger partial charge in [0, 0.05) is 26.2 Å². The van der Waals surface area contributed by atoms with Crippen LogP contribution in [0.3, 0.4) is 0 Å². The molecule has 4 nitrogen and oxygen atoms in total. The van der Waals surface area contributed by atoms with Crippen LogP contribution < -0.4 is 14.4 Å². The summed E-state index contributed by atoms with van der Waals surface area (Å²) in [6.07, 6.45) is 0.952. The number of ether oxygens (including phenoxy) is 2. The minimum atomic E-state index is 0. The van der Waals surface area contributed by atoms with E-state index in [1.165, 1.54) is 0 Å². The lowest BCUT2D eigenvalue weighted by atomic mass is 10.2. The van der Waals surface area contributed by atoms with Gasteiger partial charge in [-0.3, -0.25) is 4.90 Å². The molecule has 0 aliphatic carbocycles. The van der Waals surface area contributed by atoms with Crippen molar-refractivity contribution in [3.63, 3.8) is 0 Å². The zero-order valence-electron chi connectivity index (χ0n) is 16.2. The molecule has 1 aliphatic rings. The van der Waals surface area contributed by atoms with Gasteiger partial charge < -0.3 is 14.4 Å². The van der Waals surface area contributed by atoms with E-state index in [1.54, 1.807) is 7.11 Å². The summed E-state index contributed by atoms with van der Waals surface area (Å²) in [6.45, 7) is 7.97. The quantitative estimate of drug-likeness (QED) is 0.667. The maximum Gasteiger partial charge on any atom is 0.152 e. The first-order chi connectivity index (χ1) is 12.6. The van der Waals surface area contributed by atoms with Crippen LogP contribution in [0.5, 0.6) is 11.5 Å². The van der Waals surface area contributed by atoms with E-state index in [2.05, 4.69) is 28.9 Å². The Labute approximate surface area is 173 Å². The highest BCUT2D eigenvalue weighted by Gasteiger charge is 2.26. The van der Waals surface area contributed by atoms with E-state index in [0.717, 1.165) is 55.3 Å². The number of para-hydroxylation sites is 3. The monoisotopic (exact) mass is 410 g/mol. The van der Waals surface area contributed by atoms with Crippen LogP contribution in [0.1, 0.15) is 18.9 Å². The standard InChI is InChI=1S/C21H27ClN2O2.ClH/c1-4-20(26-21-16(2)8-7-9-17(21)22)24-14-12-23(13-15-24)18-10-5-6-11-19(18)25-3;/h5-11,20H,4,12-15H2,1-3H3;1H. The first-order valence-electron chi connectivity index (χ1n) is 9.17. The molecule has 1 atom stereocenters. The van der Waals surface area contributed by atoms with Gasteiger partial charge in [-0.15, -0.1) is 12.4 Å². The molecule has 0 aromatic heterocycles. The van der Waals surface area contributed by atoms with Crippen molar-refractivity contribution in [1.29, 1.82) is 0 Å². The molecule has 0 amide bonds. The van der Waals surface area contributed by atoms with Crippen molar-refractivity contribution in [3.8, 4) is 11.5 Å². The normalized spacial score (nSPS) is 15.8. The number of piperazine rings is 1. The molecule has 0 spiro atoms. The second-order valence-corrected chi connectivity index (χ2v) is 6.97. The minimum Gasteiger partial charge on any atom is -0.495 e. The highest BCUT2D eigenvalue weighted by Crippen LogP contribution is 2.31. The Morgan fingerprint density at radius 1 is 1.04 bits per heavy atom. The van der Waals surface area contributed by atoms with Gasteiger partial charge in [0.25, 0.3) is 0 Å². The number of aryl methyl sites for hydroxylation is 1. The number of hydrogen-bond acceptors (Lipinski definition) is 4. The molecule has 6 heteroatoms. The summed E-state index contributed by atoms with van der Waals surface area (Å²) in [4.78, 5) is 4.78. The molecule has 2 aromatic rings. The average molecular weight is 411 g/mol. The Bertz CT molecular complexity index is 714. The van der Waals surface area contributed by atoms with Gasteiger partial charge in [-0.1, -0.05) is 42.8 Å². The van der Waals surface area contributed by atoms with Crippen LogP contribution in [0.25, 0.3) is 0 Å². The molecule has 3 rings (SSSR count). The fourth-order valence-corrected chi connectivity index (χ4v) is 3.73. The molecule has 0 N–H and O–H groups in total. The van der Waals surface area contributed by atoms with Crippen LogP contribution in [0.2, 0.25) is 5.02 Å². The van der Waals surface area contributed by atoms with Crippen molar-refractivity contribution in [2.45, 2.75) is 26.5 Å². The van der Waals surface area contributed by atoms with Gasteiger partial charge in [0.15, 0.2) is 6.23 Å². The lowest BCUT2D eigenvalue weighted by Crippen LogP contribution is -2.52. The van der Waals surface area contributed by atoms with E-state index in [0.29, 0.717) is 5.02 Å². The lowest BCUT2D eigenvalue weighted by molar-refractivity contribution is 0.0181. The first kappa shape index (κ1) is 21.7. The number of rotatable bonds is 6. The van der Waals surface area contributed by atoms with Crippen LogP contribution >= 0.6 is 24.0 Å². The molecular formula is C21H28Cl2N2O2.